The molecule has 0 unspecified atom stereocenters. The second kappa shape index (κ2) is 8.47. The van der Waals surface area contributed by atoms with E-state index in [1.165, 1.54) is 6.20 Å². The van der Waals surface area contributed by atoms with Gasteiger partial charge in [-0.1, -0.05) is 47.5 Å². The zero-order valence-electron chi connectivity index (χ0n) is 15.2. The molecule has 1 amide bonds. The van der Waals surface area contributed by atoms with Crippen LogP contribution in [0.1, 0.15) is 21.5 Å². The third-order valence-electron chi connectivity index (χ3n) is 4.45. The Morgan fingerprint density at radius 3 is 2.76 bits per heavy atom. The van der Waals surface area contributed by atoms with Gasteiger partial charge < -0.3 is 4.57 Å². The van der Waals surface area contributed by atoms with Gasteiger partial charge >= 0.3 is 0 Å². The zero-order valence-corrected chi connectivity index (χ0v) is 16.7. The monoisotopic (exact) mass is 422 g/mol. The minimum Gasteiger partial charge on any atom is -0.342 e. The molecule has 0 spiro atoms. The summed E-state index contributed by atoms with van der Waals surface area (Å²) in [7, 11) is 0. The molecule has 4 rings (SSSR count). The topological polar surface area (TPSA) is 59.3 Å². The fraction of sp³-hybridized carbons (Fsp3) is 0.0455. The highest BCUT2D eigenvalue weighted by atomic mass is 35.5. The standard InChI is InChI=1S/C22H16Cl2N4O/c23-19-8-7-15(10-20(19)24)13-28-14-17(18-5-1-2-6-21(18)28)12-26-27-22(29)16-4-3-9-25-11-16/h1-12,14H,13H2,(H,27,29). The first-order chi connectivity index (χ1) is 14.1. The van der Waals surface area contributed by atoms with Gasteiger partial charge in [0.2, 0.25) is 0 Å². The maximum Gasteiger partial charge on any atom is 0.272 e. The maximum absolute atomic E-state index is 12.1. The number of aromatic nitrogens is 2. The second-order valence-corrected chi connectivity index (χ2v) is 7.23. The minimum absolute atomic E-state index is 0.311. The fourth-order valence-corrected chi connectivity index (χ4v) is 3.39. The van der Waals surface area contributed by atoms with Crippen LogP contribution >= 0.6 is 23.2 Å². The lowest BCUT2D eigenvalue weighted by atomic mass is 10.2. The Labute approximate surface area is 177 Å². The molecule has 29 heavy (non-hydrogen) atoms. The number of amides is 1. The molecular formula is C22H16Cl2N4O. The number of pyridine rings is 1. The summed E-state index contributed by atoms with van der Waals surface area (Å²) in [6.07, 6.45) is 6.74. The van der Waals surface area contributed by atoms with Crippen molar-refractivity contribution in [2.24, 2.45) is 5.10 Å². The van der Waals surface area contributed by atoms with E-state index in [9.17, 15) is 4.79 Å². The number of nitrogens with zero attached hydrogens (tertiary/aromatic N) is 3. The summed E-state index contributed by atoms with van der Waals surface area (Å²) in [6.45, 7) is 0.632. The number of para-hydroxylation sites is 1. The number of nitrogens with one attached hydrogen (secondary N) is 1. The second-order valence-electron chi connectivity index (χ2n) is 6.42. The number of halogens is 2. The summed E-state index contributed by atoms with van der Waals surface area (Å²) in [5, 5.41) is 6.20. The highest BCUT2D eigenvalue weighted by Gasteiger charge is 2.09. The normalized spacial score (nSPS) is 11.2. The molecule has 0 bridgehead atoms. The molecule has 2 aromatic carbocycles. The third kappa shape index (κ3) is 4.31. The summed E-state index contributed by atoms with van der Waals surface area (Å²) in [6, 6.07) is 17.0. The van der Waals surface area contributed by atoms with E-state index in [0.29, 0.717) is 22.2 Å². The molecule has 0 radical (unpaired) electrons. The van der Waals surface area contributed by atoms with Crippen LogP contribution in [-0.2, 0) is 6.54 Å². The van der Waals surface area contributed by atoms with E-state index in [-0.39, 0.29) is 5.91 Å². The molecule has 0 fully saturated rings. The number of benzene rings is 2. The Balaban J connectivity index is 1.58. The van der Waals surface area contributed by atoms with E-state index >= 15 is 0 Å². The number of hydrogen-bond acceptors (Lipinski definition) is 3. The van der Waals surface area contributed by atoms with Crippen LogP contribution in [0.3, 0.4) is 0 Å². The molecule has 0 aliphatic rings. The van der Waals surface area contributed by atoms with Crippen molar-refractivity contribution in [2.45, 2.75) is 6.54 Å². The van der Waals surface area contributed by atoms with Crippen molar-refractivity contribution in [3.05, 3.63) is 99.9 Å². The van der Waals surface area contributed by atoms with Crippen LogP contribution in [0.4, 0.5) is 0 Å². The number of hydrazone groups is 1. The average molecular weight is 423 g/mol. The smallest absolute Gasteiger partial charge is 0.272 e. The molecule has 5 nitrogen and oxygen atoms in total. The van der Waals surface area contributed by atoms with Crippen LogP contribution < -0.4 is 5.43 Å². The Hall–Kier alpha value is -3.15. The van der Waals surface area contributed by atoms with E-state index in [0.717, 1.165) is 22.0 Å². The summed E-state index contributed by atoms with van der Waals surface area (Å²) >= 11 is 12.2. The lowest BCUT2D eigenvalue weighted by Gasteiger charge is -2.06. The van der Waals surface area contributed by atoms with Crippen LogP contribution in [0.15, 0.2) is 78.3 Å². The first-order valence-electron chi connectivity index (χ1n) is 8.87. The van der Waals surface area contributed by atoms with Gasteiger partial charge in [-0.3, -0.25) is 9.78 Å². The van der Waals surface area contributed by atoms with E-state index in [1.807, 2.05) is 42.6 Å². The highest BCUT2D eigenvalue weighted by molar-refractivity contribution is 6.42. The van der Waals surface area contributed by atoms with Crippen LogP contribution in [0, 0.1) is 0 Å². The molecule has 0 saturated heterocycles. The number of carbonyl (C=O) groups excluding carboxylic acids is 1. The van der Waals surface area contributed by atoms with E-state index in [4.69, 9.17) is 23.2 Å². The fourth-order valence-electron chi connectivity index (χ4n) is 3.07. The Kier molecular flexibility index (Phi) is 5.60. The Morgan fingerprint density at radius 2 is 1.97 bits per heavy atom. The van der Waals surface area contributed by atoms with Crippen molar-refractivity contribution in [3.63, 3.8) is 0 Å². The lowest BCUT2D eigenvalue weighted by Crippen LogP contribution is -2.17. The number of fused-ring (bicyclic) bond motifs is 1. The molecule has 4 aromatic rings. The average Bonchev–Trinajstić information content (AvgIpc) is 3.09. The summed E-state index contributed by atoms with van der Waals surface area (Å²) < 4.78 is 2.11. The van der Waals surface area contributed by atoms with Crippen molar-refractivity contribution >= 4 is 46.2 Å². The first-order valence-corrected chi connectivity index (χ1v) is 9.62. The highest BCUT2D eigenvalue weighted by Crippen LogP contribution is 2.25. The van der Waals surface area contributed by atoms with Gasteiger partial charge in [0, 0.05) is 41.6 Å². The third-order valence-corrected chi connectivity index (χ3v) is 5.19. The van der Waals surface area contributed by atoms with Crippen LogP contribution in [-0.4, -0.2) is 21.7 Å². The van der Waals surface area contributed by atoms with Gasteiger partial charge in [-0.2, -0.15) is 5.10 Å². The molecule has 0 saturated carbocycles. The molecular weight excluding hydrogens is 407 g/mol. The number of rotatable bonds is 5. The Morgan fingerprint density at radius 1 is 1.10 bits per heavy atom. The predicted molar refractivity (Wildman–Crippen MR) is 117 cm³/mol. The van der Waals surface area contributed by atoms with Gasteiger partial charge in [0.1, 0.15) is 0 Å². The van der Waals surface area contributed by atoms with Crippen molar-refractivity contribution in [1.29, 1.82) is 0 Å². The molecule has 1 N–H and O–H groups in total. The summed E-state index contributed by atoms with van der Waals surface area (Å²) in [4.78, 5) is 16.0. The van der Waals surface area contributed by atoms with Crippen molar-refractivity contribution < 1.29 is 4.79 Å². The SMILES string of the molecule is O=C(NN=Cc1cn(Cc2ccc(Cl)c(Cl)c2)c2ccccc12)c1cccnc1. The molecule has 0 atom stereocenters. The minimum atomic E-state index is -0.311. The molecule has 0 aliphatic carbocycles. The van der Waals surface area contributed by atoms with Gasteiger partial charge in [0.25, 0.3) is 5.91 Å². The largest absolute Gasteiger partial charge is 0.342 e. The van der Waals surface area contributed by atoms with Crippen molar-refractivity contribution in [1.82, 2.24) is 15.0 Å². The molecule has 144 valence electrons. The van der Waals surface area contributed by atoms with Gasteiger partial charge in [-0.15, -0.1) is 0 Å². The van der Waals surface area contributed by atoms with E-state index < -0.39 is 0 Å². The van der Waals surface area contributed by atoms with Crippen LogP contribution in [0.25, 0.3) is 10.9 Å². The van der Waals surface area contributed by atoms with Crippen molar-refractivity contribution in [2.75, 3.05) is 0 Å². The van der Waals surface area contributed by atoms with E-state index in [2.05, 4.69) is 20.1 Å². The maximum atomic E-state index is 12.1. The molecule has 0 aliphatic heterocycles. The number of hydrogen-bond donors (Lipinski definition) is 1. The van der Waals surface area contributed by atoms with Gasteiger partial charge in [0.15, 0.2) is 0 Å². The number of carbonyl (C=O) groups is 1. The van der Waals surface area contributed by atoms with Gasteiger partial charge in [0.05, 0.1) is 21.8 Å². The molecule has 7 heteroatoms. The van der Waals surface area contributed by atoms with Gasteiger partial charge in [-0.25, -0.2) is 5.43 Å². The van der Waals surface area contributed by atoms with E-state index in [1.54, 1.807) is 30.6 Å². The summed E-state index contributed by atoms with van der Waals surface area (Å²) in [5.74, 6) is -0.311. The quantitative estimate of drug-likeness (QED) is 0.356. The molecule has 2 aromatic heterocycles. The first kappa shape index (κ1) is 19.2. The Bertz CT molecular complexity index is 1200. The van der Waals surface area contributed by atoms with Crippen LogP contribution in [0.5, 0.6) is 0 Å². The predicted octanol–water partition coefficient (Wildman–Crippen LogP) is 5.16. The lowest BCUT2D eigenvalue weighted by molar-refractivity contribution is 0.0955. The van der Waals surface area contributed by atoms with Crippen molar-refractivity contribution in [3.8, 4) is 0 Å². The van der Waals surface area contributed by atoms with Crippen LogP contribution in [0.2, 0.25) is 10.0 Å². The molecule has 2 heterocycles. The van der Waals surface area contributed by atoms with Gasteiger partial charge in [-0.05, 0) is 35.9 Å². The summed E-state index contributed by atoms with van der Waals surface area (Å²) in [5.41, 5.74) is 5.97. The zero-order chi connectivity index (χ0) is 20.2.